The molecule has 0 aromatic carbocycles. The molecule has 26 nitrogen and oxygen atoms in total. The third-order valence-corrected chi connectivity index (χ3v) is 9.61. The molecule has 0 amide bonds. The zero-order chi connectivity index (χ0) is 56.4. The van der Waals surface area contributed by atoms with Crippen molar-refractivity contribution in [1.82, 2.24) is 5.32 Å². The molecular weight excluding hydrogens is 1050 g/mol. The average Bonchev–Trinajstić information content (AvgIpc) is 3.46. The first-order valence-corrected chi connectivity index (χ1v) is 28.4. The Kier molecular flexibility index (Phi) is 75.4. The van der Waals surface area contributed by atoms with E-state index in [2.05, 4.69) is 12.2 Å². The highest BCUT2D eigenvalue weighted by molar-refractivity contribution is 5.49. The van der Waals surface area contributed by atoms with Crippen LogP contribution in [0.3, 0.4) is 0 Å². The maximum atomic E-state index is 10.2. The Hall–Kier alpha value is -1.33. The van der Waals surface area contributed by atoms with Gasteiger partial charge in [0.1, 0.15) is 6.29 Å². The van der Waals surface area contributed by atoms with Gasteiger partial charge < -0.3 is 124 Å². The van der Waals surface area contributed by atoms with Crippen LogP contribution in [0.25, 0.3) is 0 Å². The molecule has 0 saturated carbocycles. The van der Waals surface area contributed by atoms with E-state index in [0.29, 0.717) is 324 Å². The second-order valence-electron chi connectivity index (χ2n) is 16.0. The quantitative estimate of drug-likeness (QED) is 0.0646. The first-order chi connectivity index (χ1) is 39.4. The summed E-state index contributed by atoms with van der Waals surface area (Å²) in [5, 5.41) is 3.20. The molecule has 0 aromatic heterocycles. The number of ether oxygens (including phenoxy) is 24. The van der Waals surface area contributed by atoms with Gasteiger partial charge in [0, 0.05) is 13.0 Å². The summed E-state index contributed by atoms with van der Waals surface area (Å²) in [6.07, 6.45) is 1.24. The molecule has 0 aliphatic rings. The van der Waals surface area contributed by atoms with Crippen LogP contribution in [0.1, 0.15) is 13.3 Å². The van der Waals surface area contributed by atoms with Crippen molar-refractivity contribution in [3.63, 3.8) is 0 Å². The third kappa shape index (κ3) is 76.7. The van der Waals surface area contributed by atoms with Crippen LogP contribution in [0.4, 0.5) is 0 Å². The van der Waals surface area contributed by atoms with Gasteiger partial charge in [-0.25, -0.2) is 0 Å². The molecule has 0 rings (SSSR count). The lowest BCUT2D eigenvalue weighted by molar-refractivity contribution is -0.109. The van der Waals surface area contributed by atoms with Crippen LogP contribution in [0.5, 0.6) is 0 Å². The van der Waals surface area contributed by atoms with Gasteiger partial charge in [0.05, 0.1) is 317 Å². The zero-order valence-corrected chi connectivity index (χ0v) is 48.3. The van der Waals surface area contributed by atoms with Crippen LogP contribution in [0.2, 0.25) is 0 Å². The Morgan fingerprint density at radius 3 is 0.418 bits per heavy atom. The molecular formula is C53H107NO25. The minimum absolute atomic E-state index is 0.407. The highest BCUT2D eigenvalue weighted by Gasteiger charge is 2.00. The van der Waals surface area contributed by atoms with Crippen LogP contribution in [-0.2, 0) is 118 Å². The van der Waals surface area contributed by atoms with Gasteiger partial charge in [-0.1, -0.05) is 6.92 Å². The number of nitrogens with one attached hydrogen (secondary N) is 1. The minimum atomic E-state index is 0.407. The summed E-state index contributed by atoms with van der Waals surface area (Å²) in [7, 11) is 0. The number of carbonyl (C=O) groups is 1. The fourth-order valence-electron chi connectivity index (χ4n) is 5.61. The summed E-state index contributed by atoms with van der Waals surface area (Å²) in [5.74, 6) is 0. The van der Waals surface area contributed by atoms with Gasteiger partial charge in [-0.05, 0) is 6.54 Å². The van der Waals surface area contributed by atoms with Crippen molar-refractivity contribution in [2.75, 3.05) is 330 Å². The second kappa shape index (κ2) is 76.7. The van der Waals surface area contributed by atoms with Gasteiger partial charge in [-0.15, -0.1) is 0 Å². The monoisotopic (exact) mass is 1160 g/mol. The van der Waals surface area contributed by atoms with Gasteiger partial charge in [0.25, 0.3) is 0 Å². The summed E-state index contributed by atoms with van der Waals surface area (Å²) in [6.45, 7) is 27.8. The Bertz CT molecular complexity index is 1070. The number of carbonyl (C=O) groups excluding carboxylic acids is 1. The van der Waals surface area contributed by atoms with E-state index in [4.69, 9.17) is 114 Å². The number of likely N-dealkylation sites (N-methyl/N-ethyl adjacent to an activating group) is 1. The predicted molar refractivity (Wildman–Crippen MR) is 289 cm³/mol. The Morgan fingerprint density at radius 2 is 0.304 bits per heavy atom. The highest BCUT2D eigenvalue weighted by atomic mass is 16.6. The van der Waals surface area contributed by atoms with Crippen LogP contribution in [-0.4, -0.2) is 337 Å². The average molecular weight is 1160 g/mol. The standard InChI is InChI=1S/C53H107NO25/c1-2-54-4-7-57-9-11-59-13-15-61-17-19-63-21-23-65-25-27-67-29-31-69-33-35-71-37-39-73-41-43-75-45-47-77-49-51-79-53-52-78-50-48-76-46-44-74-42-40-72-38-36-70-34-32-68-30-28-66-26-24-64-22-20-62-18-16-60-14-12-58-10-8-56-6-3-5-55/h5,54H,2-4,6-53H2,1H3. The smallest absolute Gasteiger partial charge is 0.122 e. The van der Waals surface area contributed by atoms with Crippen molar-refractivity contribution in [3.8, 4) is 0 Å². The third-order valence-electron chi connectivity index (χ3n) is 9.61. The van der Waals surface area contributed by atoms with Crippen molar-refractivity contribution < 1.29 is 118 Å². The summed E-state index contributed by atoms with van der Waals surface area (Å²) < 4.78 is 132. The second-order valence-corrected chi connectivity index (χ2v) is 16.0. The summed E-state index contributed by atoms with van der Waals surface area (Å²) in [5.41, 5.74) is 0. The molecule has 26 heteroatoms. The summed E-state index contributed by atoms with van der Waals surface area (Å²) >= 11 is 0. The largest absolute Gasteiger partial charge is 0.379 e. The molecule has 0 aliphatic carbocycles. The number of rotatable bonds is 76. The molecule has 0 saturated heterocycles. The van der Waals surface area contributed by atoms with Crippen LogP contribution in [0.15, 0.2) is 0 Å². The van der Waals surface area contributed by atoms with Crippen LogP contribution < -0.4 is 5.32 Å². The summed E-state index contributed by atoms with van der Waals surface area (Å²) in [6, 6.07) is 0. The Labute approximate surface area is 472 Å². The van der Waals surface area contributed by atoms with E-state index < -0.39 is 0 Å². The fraction of sp³-hybridized carbons (Fsp3) is 0.981. The summed E-state index contributed by atoms with van der Waals surface area (Å²) in [4.78, 5) is 10.2. The molecule has 1 N–H and O–H groups in total. The van der Waals surface area contributed by atoms with Crippen molar-refractivity contribution in [2.45, 2.75) is 13.3 Å². The normalized spacial score (nSPS) is 11.7. The number of aldehydes is 1. The minimum Gasteiger partial charge on any atom is -0.379 e. The Morgan fingerprint density at radius 1 is 0.190 bits per heavy atom. The van der Waals surface area contributed by atoms with Crippen LogP contribution >= 0.6 is 0 Å². The molecule has 0 aromatic rings. The molecule has 0 fully saturated rings. The molecule has 0 spiro atoms. The predicted octanol–water partition coefficient (Wildman–Crippen LogP) is 0.583. The molecule has 0 radical (unpaired) electrons. The van der Waals surface area contributed by atoms with E-state index >= 15 is 0 Å². The fourth-order valence-corrected chi connectivity index (χ4v) is 5.61. The maximum absolute atomic E-state index is 10.2. The molecule has 0 aliphatic heterocycles. The molecule has 79 heavy (non-hydrogen) atoms. The number of hydrogen-bond donors (Lipinski definition) is 1. The maximum Gasteiger partial charge on any atom is 0.122 e. The first kappa shape index (κ1) is 77.7. The van der Waals surface area contributed by atoms with Gasteiger partial charge in [-0.2, -0.15) is 0 Å². The molecule has 0 atom stereocenters. The molecule has 0 bridgehead atoms. The molecule has 0 heterocycles. The van der Waals surface area contributed by atoms with Crippen molar-refractivity contribution in [1.29, 1.82) is 0 Å². The topological polar surface area (TPSA) is 251 Å². The lowest BCUT2D eigenvalue weighted by Crippen LogP contribution is -2.20. The van der Waals surface area contributed by atoms with Gasteiger partial charge in [0.2, 0.25) is 0 Å². The van der Waals surface area contributed by atoms with Crippen molar-refractivity contribution in [2.24, 2.45) is 0 Å². The zero-order valence-electron chi connectivity index (χ0n) is 48.3. The van der Waals surface area contributed by atoms with E-state index in [-0.39, 0.29) is 0 Å². The van der Waals surface area contributed by atoms with Crippen molar-refractivity contribution in [3.05, 3.63) is 0 Å². The van der Waals surface area contributed by atoms with Crippen LogP contribution in [0, 0.1) is 0 Å². The SMILES string of the molecule is CCNCCOCCOCCOCCOCCOCCOCCOCCOCCOCCOCCOCCOCCOCCOCCOCCOCCOCCOCCOCCOCCOCCOCCOCCOCCC=O. The van der Waals surface area contributed by atoms with E-state index in [0.717, 1.165) is 19.4 Å². The first-order valence-electron chi connectivity index (χ1n) is 28.4. The lowest BCUT2D eigenvalue weighted by Gasteiger charge is -2.09. The van der Waals surface area contributed by atoms with E-state index in [9.17, 15) is 4.79 Å². The van der Waals surface area contributed by atoms with Gasteiger partial charge in [-0.3, -0.25) is 0 Å². The molecule has 474 valence electrons. The molecule has 0 unspecified atom stereocenters. The van der Waals surface area contributed by atoms with E-state index in [1.807, 2.05) is 0 Å². The Balaban J connectivity index is 3.08. The highest BCUT2D eigenvalue weighted by Crippen LogP contribution is 1.91. The van der Waals surface area contributed by atoms with Crippen molar-refractivity contribution >= 4 is 6.29 Å². The van der Waals surface area contributed by atoms with E-state index in [1.54, 1.807) is 0 Å². The van der Waals surface area contributed by atoms with Gasteiger partial charge >= 0.3 is 0 Å². The van der Waals surface area contributed by atoms with Gasteiger partial charge in [0.15, 0.2) is 0 Å². The lowest BCUT2D eigenvalue weighted by atomic mass is 10.5. The number of hydrogen-bond acceptors (Lipinski definition) is 26. The van der Waals surface area contributed by atoms with E-state index in [1.165, 1.54) is 0 Å².